The van der Waals surface area contributed by atoms with Crippen LogP contribution < -0.4 is 10.6 Å². The van der Waals surface area contributed by atoms with Crippen molar-refractivity contribution in [2.24, 2.45) is 5.92 Å². The fourth-order valence-electron chi connectivity index (χ4n) is 2.28. The molecule has 2 N–H and O–H groups in total. The molecule has 1 heterocycles. The zero-order chi connectivity index (χ0) is 17.7. The van der Waals surface area contributed by atoms with Crippen molar-refractivity contribution in [3.8, 4) is 10.6 Å². The number of carbonyl (C=O) groups is 2. The summed E-state index contributed by atoms with van der Waals surface area (Å²) in [5.41, 5.74) is 2.50. The largest absolute Gasteiger partial charge is 0.357 e. The van der Waals surface area contributed by atoms with Gasteiger partial charge in [-0.15, -0.1) is 11.3 Å². The number of rotatable bonds is 6. The van der Waals surface area contributed by atoms with E-state index in [2.05, 4.69) is 15.6 Å². The van der Waals surface area contributed by atoms with Gasteiger partial charge in [0.15, 0.2) is 0 Å². The molecule has 6 heteroatoms. The number of hydrogen-bond acceptors (Lipinski definition) is 4. The molecule has 0 aliphatic carbocycles. The molecule has 2 rings (SSSR count). The predicted octanol–water partition coefficient (Wildman–Crippen LogP) is 3.01. The zero-order valence-corrected chi connectivity index (χ0v) is 15.2. The lowest BCUT2D eigenvalue weighted by Gasteiger charge is -2.22. The summed E-state index contributed by atoms with van der Waals surface area (Å²) < 4.78 is 0. The SMILES string of the molecule is CCC(C)C(NC(=O)c1csc(-c2ccc(C)cc2)n1)C(=O)NC. The second kappa shape index (κ2) is 8.06. The summed E-state index contributed by atoms with van der Waals surface area (Å²) in [6.07, 6.45) is 0.796. The molecule has 0 bridgehead atoms. The van der Waals surface area contributed by atoms with Gasteiger partial charge in [-0.05, 0) is 12.8 Å². The van der Waals surface area contributed by atoms with E-state index in [1.54, 1.807) is 12.4 Å². The van der Waals surface area contributed by atoms with E-state index >= 15 is 0 Å². The van der Waals surface area contributed by atoms with Crippen LogP contribution in [0.1, 0.15) is 36.3 Å². The van der Waals surface area contributed by atoms with E-state index in [1.807, 2.05) is 45.0 Å². The van der Waals surface area contributed by atoms with Gasteiger partial charge in [0.2, 0.25) is 5.91 Å². The number of aromatic nitrogens is 1. The molecule has 5 nitrogen and oxygen atoms in total. The number of nitrogens with one attached hydrogen (secondary N) is 2. The Hall–Kier alpha value is -2.21. The van der Waals surface area contributed by atoms with Crippen molar-refractivity contribution >= 4 is 23.2 Å². The normalized spacial score (nSPS) is 13.2. The highest BCUT2D eigenvalue weighted by atomic mass is 32.1. The van der Waals surface area contributed by atoms with Crippen LogP contribution in [0, 0.1) is 12.8 Å². The maximum atomic E-state index is 12.4. The highest BCUT2D eigenvalue weighted by molar-refractivity contribution is 7.13. The van der Waals surface area contributed by atoms with E-state index in [9.17, 15) is 9.59 Å². The van der Waals surface area contributed by atoms with Gasteiger partial charge in [-0.1, -0.05) is 50.1 Å². The smallest absolute Gasteiger partial charge is 0.271 e. The van der Waals surface area contributed by atoms with Gasteiger partial charge in [0.05, 0.1) is 0 Å². The second-order valence-corrected chi connectivity index (χ2v) is 6.71. The third-order valence-corrected chi connectivity index (χ3v) is 4.96. The quantitative estimate of drug-likeness (QED) is 0.845. The van der Waals surface area contributed by atoms with Gasteiger partial charge in [-0.25, -0.2) is 4.98 Å². The fourth-order valence-corrected chi connectivity index (χ4v) is 3.09. The van der Waals surface area contributed by atoms with Crippen LogP contribution in [0.3, 0.4) is 0 Å². The molecule has 24 heavy (non-hydrogen) atoms. The first-order valence-corrected chi connectivity index (χ1v) is 8.89. The number of aryl methyl sites for hydroxylation is 1. The molecule has 128 valence electrons. The lowest BCUT2D eigenvalue weighted by atomic mass is 9.98. The van der Waals surface area contributed by atoms with Crippen LogP contribution in [-0.2, 0) is 4.79 Å². The van der Waals surface area contributed by atoms with Crippen LogP contribution in [0.5, 0.6) is 0 Å². The lowest BCUT2D eigenvalue weighted by Crippen LogP contribution is -2.49. The summed E-state index contributed by atoms with van der Waals surface area (Å²) in [6.45, 7) is 5.96. The van der Waals surface area contributed by atoms with E-state index in [0.717, 1.165) is 17.0 Å². The summed E-state index contributed by atoms with van der Waals surface area (Å²) in [4.78, 5) is 28.9. The summed E-state index contributed by atoms with van der Waals surface area (Å²) in [6, 6.07) is 7.45. The van der Waals surface area contributed by atoms with Gasteiger partial charge in [0, 0.05) is 18.0 Å². The minimum Gasteiger partial charge on any atom is -0.357 e. The van der Waals surface area contributed by atoms with Crippen LogP contribution in [-0.4, -0.2) is 29.9 Å². The highest BCUT2D eigenvalue weighted by Crippen LogP contribution is 2.24. The molecule has 1 aromatic carbocycles. The Kier molecular flexibility index (Phi) is 6.09. The van der Waals surface area contributed by atoms with Crippen molar-refractivity contribution in [2.45, 2.75) is 33.2 Å². The van der Waals surface area contributed by atoms with Gasteiger partial charge < -0.3 is 10.6 Å². The summed E-state index contributed by atoms with van der Waals surface area (Å²) in [5.74, 6) is -0.464. The van der Waals surface area contributed by atoms with Gasteiger partial charge in [-0.2, -0.15) is 0 Å². The Morgan fingerprint density at radius 3 is 2.50 bits per heavy atom. The molecule has 0 saturated heterocycles. The van der Waals surface area contributed by atoms with E-state index in [0.29, 0.717) is 5.69 Å². The highest BCUT2D eigenvalue weighted by Gasteiger charge is 2.26. The molecular formula is C18H23N3O2S. The maximum absolute atomic E-state index is 12.4. The number of benzene rings is 1. The molecule has 0 spiro atoms. The van der Waals surface area contributed by atoms with E-state index in [-0.39, 0.29) is 17.7 Å². The Labute approximate surface area is 146 Å². The van der Waals surface area contributed by atoms with Crippen molar-refractivity contribution in [3.63, 3.8) is 0 Å². The van der Waals surface area contributed by atoms with Crippen LogP contribution >= 0.6 is 11.3 Å². The van der Waals surface area contributed by atoms with Gasteiger partial charge in [-0.3, -0.25) is 9.59 Å². The lowest BCUT2D eigenvalue weighted by molar-refractivity contribution is -0.123. The Morgan fingerprint density at radius 1 is 1.25 bits per heavy atom. The molecule has 2 amide bonds. The number of nitrogens with zero attached hydrogens (tertiary/aromatic N) is 1. The monoisotopic (exact) mass is 345 g/mol. The predicted molar refractivity (Wildman–Crippen MR) is 97.1 cm³/mol. The standard InChI is InChI=1S/C18H23N3O2S/c1-5-12(3)15(17(23)19-4)21-16(22)14-10-24-18(20-14)13-8-6-11(2)7-9-13/h6-10,12,15H,5H2,1-4H3,(H,19,23)(H,21,22). The molecule has 0 radical (unpaired) electrons. The number of amides is 2. The molecular weight excluding hydrogens is 322 g/mol. The zero-order valence-electron chi connectivity index (χ0n) is 14.4. The second-order valence-electron chi connectivity index (χ2n) is 5.85. The molecule has 0 aliphatic rings. The first kappa shape index (κ1) is 18.1. The van der Waals surface area contributed by atoms with Crippen LogP contribution in [0.25, 0.3) is 10.6 Å². The topological polar surface area (TPSA) is 71.1 Å². The molecule has 2 atom stereocenters. The van der Waals surface area contributed by atoms with Crippen molar-refractivity contribution in [3.05, 3.63) is 40.9 Å². The summed E-state index contributed by atoms with van der Waals surface area (Å²) in [7, 11) is 1.57. The van der Waals surface area contributed by atoms with E-state index in [1.165, 1.54) is 16.9 Å². The van der Waals surface area contributed by atoms with Gasteiger partial charge in [0.1, 0.15) is 16.7 Å². The maximum Gasteiger partial charge on any atom is 0.271 e. The molecule has 0 fully saturated rings. The minimum atomic E-state index is -0.558. The third kappa shape index (κ3) is 4.20. The first-order valence-electron chi connectivity index (χ1n) is 8.01. The van der Waals surface area contributed by atoms with Crippen molar-refractivity contribution in [2.75, 3.05) is 7.05 Å². The van der Waals surface area contributed by atoms with Crippen LogP contribution in [0.4, 0.5) is 0 Å². The number of hydrogen-bond donors (Lipinski definition) is 2. The Bertz CT molecular complexity index is 709. The first-order chi connectivity index (χ1) is 11.5. The third-order valence-electron chi connectivity index (χ3n) is 4.06. The Morgan fingerprint density at radius 2 is 1.92 bits per heavy atom. The van der Waals surface area contributed by atoms with Crippen molar-refractivity contribution in [1.29, 1.82) is 0 Å². The summed E-state index contributed by atoms with van der Waals surface area (Å²) in [5, 5.41) is 7.92. The number of thiazole rings is 1. The molecule has 2 unspecified atom stereocenters. The van der Waals surface area contributed by atoms with E-state index < -0.39 is 6.04 Å². The molecule has 1 aromatic heterocycles. The minimum absolute atomic E-state index is 0.0455. The summed E-state index contributed by atoms with van der Waals surface area (Å²) >= 11 is 1.42. The van der Waals surface area contributed by atoms with Crippen molar-refractivity contribution in [1.82, 2.24) is 15.6 Å². The fraction of sp³-hybridized carbons (Fsp3) is 0.389. The van der Waals surface area contributed by atoms with Gasteiger partial charge in [0.25, 0.3) is 5.91 Å². The van der Waals surface area contributed by atoms with Crippen molar-refractivity contribution < 1.29 is 9.59 Å². The molecule has 2 aromatic rings. The molecule has 0 saturated carbocycles. The molecule has 0 aliphatic heterocycles. The average molecular weight is 345 g/mol. The average Bonchev–Trinajstić information content (AvgIpc) is 3.09. The van der Waals surface area contributed by atoms with Crippen LogP contribution in [0.15, 0.2) is 29.6 Å². The Balaban J connectivity index is 2.15. The van der Waals surface area contributed by atoms with Gasteiger partial charge >= 0.3 is 0 Å². The van der Waals surface area contributed by atoms with E-state index in [4.69, 9.17) is 0 Å². The van der Waals surface area contributed by atoms with Crippen LogP contribution in [0.2, 0.25) is 0 Å². The number of carbonyl (C=O) groups excluding carboxylic acids is 2. The number of likely N-dealkylation sites (N-methyl/N-ethyl adjacent to an activating group) is 1.